The van der Waals surface area contributed by atoms with Crippen LogP contribution in [0.1, 0.15) is 18.4 Å². The van der Waals surface area contributed by atoms with Crippen molar-refractivity contribution in [3.05, 3.63) is 54.4 Å². The fraction of sp³-hybridized carbons (Fsp3) is 0.267. The zero-order valence-corrected chi connectivity index (χ0v) is 10.7. The standard InChI is InChI=1S/C15H18N2O2/c18-12-13-5-3-6-14(11-13)16-15(19)7-4-10-17-8-1-2-9-17/h1-3,5-6,8-9,11,18H,4,7,10,12H2,(H,16,19). The molecular weight excluding hydrogens is 240 g/mol. The van der Waals surface area contributed by atoms with Gasteiger partial charge in [-0.1, -0.05) is 12.1 Å². The molecule has 1 heterocycles. The Labute approximate surface area is 112 Å². The van der Waals surface area contributed by atoms with E-state index in [2.05, 4.69) is 9.88 Å². The van der Waals surface area contributed by atoms with Gasteiger partial charge in [0, 0.05) is 31.0 Å². The average Bonchev–Trinajstić information content (AvgIpc) is 2.92. The van der Waals surface area contributed by atoms with E-state index in [1.54, 1.807) is 6.07 Å². The number of nitrogens with one attached hydrogen (secondary N) is 1. The van der Waals surface area contributed by atoms with E-state index in [0.29, 0.717) is 6.42 Å². The van der Waals surface area contributed by atoms with Crippen molar-refractivity contribution >= 4 is 11.6 Å². The molecule has 0 bridgehead atoms. The first-order valence-corrected chi connectivity index (χ1v) is 6.38. The van der Waals surface area contributed by atoms with Crippen LogP contribution in [0.2, 0.25) is 0 Å². The van der Waals surface area contributed by atoms with Crippen molar-refractivity contribution in [2.45, 2.75) is 26.0 Å². The summed E-state index contributed by atoms with van der Waals surface area (Å²) in [5.41, 5.74) is 1.53. The molecular formula is C15H18N2O2. The Morgan fingerprint density at radius 1 is 1.21 bits per heavy atom. The Morgan fingerprint density at radius 2 is 2.00 bits per heavy atom. The minimum Gasteiger partial charge on any atom is -0.392 e. The molecule has 2 N–H and O–H groups in total. The second-order valence-electron chi connectivity index (χ2n) is 4.43. The SMILES string of the molecule is O=C(CCCn1cccc1)Nc1cccc(CO)c1. The van der Waals surface area contributed by atoms with Gasteiger partial charge >= 0.3 is 0 Å². The van der Waals surface area contributed by atoms with Crippen molar-refractivity contribution in [2.75, 3.05) is 5.32 Å². The topological polar surface area (TPSA) is 54.3 Å². The Bertz CT molecular complexity index is 521. The largest absolute Gasteiger partial charge is 0.392 e. The summed E-state index contributed by atoms with van der Waals surface area (Å²) in [7, 11) is 0. The van der Waals surface area contributed by atoms with Crippen molar-refractivity contribution in [1.29, 1.82) is 0 Å². The van der Waals surface area contributed by atoms with Crippen LogP contribution in [-0.4, -0.2) is 15.6 Å². The van der Waals surface area contributed by atoms with Gasteiger partial charge in [-0.2, -0.15) is 0 Å². The van der Waals surface area contributed by atoms with E-state index in [4.69, 9.17) is 5.11 Å². The highest BCUT2D eigenvalue weighted by atomic mass is 16.3. The van der Waals surface area contributed by atoms with Crippen molar-refractivity contribution in [2.24, 2.45) is 0 Å². The number of rotatable bonds is 6. The molecule has 0 aliphatic heterocycles. The fourth-order valence-electron chi connectivity index (χ4n) is 1.91. The van der Waals surface area contributed by atoms with Gasteiger partial charge in [-0.3, -0.25) is 4.79 Å². The van der Waals surface area contributed by atoms with Crippen LogP contribution in [0, 0.1) is 0 Å². The molecule has 1 aromatic heterocycles. The number of aliphatic hydroxyl groups is 1. The Hall–Kier alpha value is -2.07. The van der Waals surface area contributed by atoms with E-state index in [0.717, 1.165) is 24.2 Å². The van der Waals surface area contributed by atoms with Gasteiger partial charge in [0.2, 0.25) is 5.91 Å². The lowest BCUT2D eigenvalue weighted by molar-refractivity contribution is -0.116. The van der Waals surface area contributed by atoms with Crippen LogP contribution in [0.5, 0.6) is 0 Å². The van der Waals surface area contributed by atoms with Gasteiger partial charge in [0.15, 0.2) is 0 Å². The predicted molar refractivity (Wildman–Crippen MR) is 74.7 cm³/mol. The van der Waals surface area contributed by atoms with E-state index in [1.807, 2.05) is 42.7 Å². The molecule has 0 saturated heterocycles. The zero-order valence-electron chi connectivity index (χ0n) is 10.7. The van der Waals surface area contributed by atoms with Gasteiger partial charge in [-0.05, 0) is 36.2 Å². The summed E-state index contributed by atoms with van der Waals surface area (Å²) in [6.07, 6.45) is 5.27. The van der Waals surface area contributed by atoms with Gasteiger partial charge in [0.05, 0.1) is 6.61 Å². The van der Waals surface area contributed by atoms with Crippen LogP contribution in [0.25, 0.3) is 0 Å². The Morgan fingerprint density at radius 3 is 2.74 bits per heavy atom. The lowest BCUT2D eigenvalue weighted by Crippen LogP contribution is -2.12. The molecule has 0 aliphatic rings. The second-order valence-corrected chi connectivity index (χ2v) is 4.43. The highest BCUT2D eigenvalue weighted by molar-refractivity contribution is 5.90. The monoisotopic (exact) mass is 258 g/mol. The van der Waals surface area contributed by atoms with Gasteiger partial charge in [-0.15, -0.1) is 0 Å². The molecule has 2 rings (SSSR count). The number of aliphatic hydroxyl groups excluding tert-OH is 1. The Balaban J connectivity index is 1.77. The summed E-state index contributed by atoms with van der Waals surface area (Å²) in [6, 6.07) is 11.2. The van der Waals surface area contributed by atoms with E-state index >= 15 is 0 Å². The number of aromatic nitrogens is 1. The maximum Gasteiger partial charge on any atom is 0.224 e. The molecule has 0 saturated carbocycles. The number of carbonyl (C=O) groups excluding carboxylic acids is 1. The smallest absolute Gasteiger partial charge is 0.224 e. The first-order valence-electron chi connectivity index (χ1n) is 6.38. The molecule has 4 nitrogen and oxygen atoms in total. The number of aryl methyl sites for hydroxylation is 1. The number of hydrogen-bond donors (Lipinski definition) is 2. The molecule has 0 spiro atoms. The molecule has 0 radical (unpaired) electrons. The predicted octanol–water partition coefficient (Wildman–Crippen LogP) is 2.40. The minimum absolute atomic E-state index is 0.00208. The van der Waals surface area contributed by atoms with E-state index in [9.17, 15) is 4.79 Å². The van der Waals surface area contributed by atoms with Crippen LogP contribution in [0.15, 0.2) is 48.8 Å². The van der Waals surface area contributed by atoms with Crippen molar-refractivity contribution in [1.82, 2.24) is 4.57 Å². The van der Waals surface area contributed by atoms with Gasteiger partial charge in [0.25, 0.3) is 0 Å². The highest BCUT2D eigenvalue weighted by Gasteiger charge is 2.03. The first kappa shape index (κ1) is 13.4. The molecule has 4 heteroatoms. The molecule has 0 atom stereocenters. The van der Waals surface area contributed by atoms with Crippen LogP contribution in [0.4, 0.5) is 5.69 Å². The molecule has 1 aromatic carbocycles. The third-order valence-corrected chi connectivity index (χ3v) is 2.88. The first-order chi connectivity index (χ1) is 9.28. The Kier molecular flexibility index (Phi) is 4.75. The average molecular weight is 258 g/mol. The molecule has 1 amide bonds. The van der Waals surface area contributed by atoms with Crippen molar-refractivity contribution in [3.63, 3.8) is 0 Å². The summed E-state index contributed by atoms with van der Waals surface area (Å²) in [4.78, 5) is 11.8. The lowest BCUT2D eigenvalue weighted by Gasteiger charge is -2.07. The summed E-state index contributed by atoms with van der Waals surface area (Å²) >= 11 is 0. The number of benzene rings is 1. The summed E-state index contributed by atoms with van der Waals surface area (Å²) in [6.45, 7) is 0.828. The quantitative estimate of drug-likeness (QED) is 0.836. The summed E-state index contributed by atoms with van der Waals surface area (Å²) < 4.78 is 2.06. The number of carbonyl (C=O) groups is 1. The zero-order chi connectivity index (χ0) is 13.5. The van der Waals surface area contributed by atoms with Crippen LogP contribution < -0.4 is 5.32 Å². The number of hydrogen-bond acceptors (Lipinski definition) is 2. The summed E-state index contributed by atoms with van der Waals surface area (Å²) in [5.74, 6) is 0.00208. The molecule has 2 aromatic rings. The third kappa shape index (κ3) is 4.26. The van der Waals surface area contributed by atoms with Gasteiger partial charge < -0.3 is 15.0 Å². The molecule has 0 aliphatic carbocycles. The third-order valence-electron chi connectivity index (χ3n) is 2.88. The van der Waals surface area contributed by atoms with Gasteiger partial charge in [-0.25, -0.2) is 0 Å². The van der Waals surface area contributed by atoms with Crippen LogP contribution in [-0.2, 0) is 17.9 Å². The number of amides is 1. The fourth-order valence-corrected chi connectivity index (χ4v) is 1.91. The van der Waals surface area contributed by atoms with Crippen LogP contribution >= 0.6 is 0 Å². The van der Waals surface area contributed by atoms with Crippen molar-refractivity contribution in [3.8, 4) is 0 Å². The molecule has 19 heavy (non-hydrogen) atoms. The van der Waals surface area contributed by atoms with Gasteiger partial charge in [0.1, 0.15) is 0 Å². The molecule has 0 unspecified atom stereocenters. The second kappa shape index (κ2) is 6.75. The lowest BCUT2D eigenvalue weighted by atomic mass is 10.2. The van der Waals surface area contributed by atoms with E-state index < -0.39 is 0 Å². The van der Waals surface area contributed by atoms with E-state index in [-0.39, 0.29) is 12.5 Å². The minimum atomic E-state index is -0.0165. The highest BCUT2D eigenvalue weighted by Crippen LogP contribution is 2.11. The van der Waals surface area contributed by atoms with Crippen LogP contribution in [0.3, 0.4) is 0 Å². The maximum atomic E-state index is 11.8. The molecule has 100 valence electrons. The number of anilines is 1. The van der Waals surface area contributed by atoms with Crippen molar-refractivity contribution < 1.29 is 9.90 Å². The van der Waals surface area contributed by atoms with E-state index in [1.165, 1.54) is 0 Å². The summed E-state index contributed by atoms with van der Waals surface area (Å²) in [5, 5.41) is 11.9. The number of nitrogens with zero attached hydrogens (tertiary/aromatic N) is 1. The normalized spacial score (nSPS) is 10.4. The molecule has 0 fully saturated rings. The maximum absolute atomic E-state index is 11.8.